The molecule has 0 radical (unpaired) electrons. The van der Waals surface area contributed by atoms with Gasteiger partial charge in [-0.1, -0.05) is 48.5 Å². The summed E-state index contributed by atoms with van der Waals surface area (Å²) in [6.45, 7) is 3.81. The Morgan fingerprint density at radius 1 is 1.03 bits per heavy atom. The number of fused-ring (bicyclic) bond motifs is 3. The first-order valence-electron chi connectivity index (χ1n) is 11.6. The zero-order chi connectivity index (χ0) is 24.0. The Bertz CT molecular complexity index is 1100. The topological polar surface area (TPSA) is 96.4 Å². The zero-order valence-corrected chi connectivity index (χ0v) is 19.3. The molecule has 2 heterocycles. The van der Waals surface area contributed by atoms with Gasteiger partial charge in [0.05, 0.1) is 6.61 Å². The lowest BCUT2D eigenvalue weighted by Gasteiger charge is -2.36. The number of carbonyl (C=O) groups is 3. The van der Waals surface area contributed by atoms with Gasteiger partial charge in [-0.05, 0) is 48.9 Å². The number of ether oxygens (including phenoxy) is 2. The third kappa shape index (κ3) is 3.62. The second kappa shape index (κ2) is 8.43. The summed E-state index contributed by atoms with van der Waals surface area (Å²) in [5, 5.41) is 9.57. The average Bonchev–Trinajstić information content (AvgIpc) is 3.51. The second-order valence-corrected chi connectivity index (χ2v) is 9.48. The maximum absolute atomic E-state index is 13.4. The predicted molar refractivity (Wildman–Crippen MR) is 123 cm³/mol. The number of carbonyl (C=O) groups excluding carboxylic acids is 2. The molecule has 178 valence electrons. The molecule has 2 aromatic carbocycles. The molecule has 34 heavy (non-hydrogen) atoms. The number of likely N-dealkylation sites (tertiary alicyclic amines) is 1. The lowest BCUT2D eigenvalue weighted by molar-refractivity contribution is -0.158. The average molecular weight is 465 g/mol. The van der Waals surface area contributed by atoms with E-state index >= 15 is 0 Å². The molecule has 0 bridgehead atoms. The van der Waals surface area contributed by atoms with Crippen molar-refractivity contribution in [2.24, 2.45) is 0 Å². The van der Waals surface area contributed by atoms with Crippen molar-refractivity contribution in [3.8, 4) is 11.1 Å². The van der Waals surface area contributed by atoms with Gasteiger partial charge in [-0.2, -0.15) is 0 Å². The molecule has 1 N–H and O–H groups in total. The fourth-order valence-corrected chi connectivity index (χ4v) is 5.48. The van der Waals surface area contributed by atoms with E-state index in [1.165, 1.54) is 9.80 Å². The Morgan fingerprint density at radius 2 is 1.65 bits per heavy atom. The van der Waals surface area contributed by atoms with Gasteiger partial charge in [0.1, 0.15) is 18.4 Å². The molecule has 2 aromatic rings. The van der Waals surface area contributed by atoms with Gasteiger partial charge < -0.3 is 14.6 Å². The highest BCUT2D eigenvalue weighted by atomic mass is 16.6. The van der Waals surface area contributed by atoms with Crippen molar-refractivity contribution >= 4 is 18.0 Å². The highest BCUT2D eigenvalue weighted by Crippen LogP contribution is 2.44. The molecule has 0 aromatic heterocycles. The van der Waals surface area contributed by atoms with Crippen molar-refractivity contribution in [1.29, 1.82) is 0 Å². The lowest BCUT2D eigenvalue weighted by atomic mass is 9.98. The molecule has 8 nitrogen and oxygen atoms in total. The first-order chi connectivity index (χ1) is 16.3. The van der Waals surface area contributed by atoms with Crippen molar-refractivity contribution in [1.82, 2.24) is 9.80 Å². The summed E-state index contributed by atoms with van der Waals surface area (Å²) in [5.74, 6) is -1.61. The number of hydrogen-bond donors (Lipinski definition) is 1. The predicted octanol–water partition coefficient (Wildman–Crippen LogP) is 3.45. The van der Waals surface area contributed by atoms with E-state index in [4.69, 9.17) is 9.47 Å². The van der Waals surface area contributed by atoms with Crippen molar-refractivity contribution < 1.29 is 29.0 Å². The third-order valence-corrected chi connectivity index (χ3v) is 7.12. The van der Waals surface area contributed by atoms with Crippen LogP contribution in [-0.4, -0.2) is 70.4 Å². The van der Waals surface area contributed by atoms with Crippen molar-refractivity contribution in [3.63, 3.8) is 0 Å². The van der Waals surface area contributed by atoms with Crippen LogP contribution in [0, 0.1) is 0 Å². The van der Waals surface area contributed by atoms with Gasteiger partial charge in [0.25, 0.3) is 0 Å². The highest BCUT2D eigenvalue weighted by Gasteiger charge is 2.51. The molecule has 2 amide bonds. The highest BCUT2D eigenvalue weighted by molar-refractivity contribution is 5.90. The van der Waals surface area contributed by atoms with Gasteiger partial charge >= 0.3 is 12.1 Å². The largest absolute Gasteiger partial charge is 0.480 e. The van der Waals surface area contributed by atoms with Crippen LogP contribution in [0.3, 0.4) is 0 Å². The quantitative estimate of drug-likeness (QED) is 0.745. The van der Waals surface area contributed by atoms with Crippen molar-refractivity contribution in [2.45, 2.75) is 50.4 Å². The van der Waals surface area contributed by atoms with Crippen LogP contribution in [-0.2, 0) is 19.1 Å². The van der Waals surface area contributed by atoms with E-state index in [0.29, 0.717) is 19.4 Å². The number of amides is 2. The molecule has 5 rings (SSSR count). The van der Waals surface area contributed by atoms with Gasteiger partial charge in [-0.15, -0.1) is 0 Å². The normalized spacial score (nSPS) is 23.0. The van der Waals surface area contributed by atoms with E-state index in [1.807, 2.05) is 24.3 Å². The fraction of sp³-hybridized carbons (Fsp3) is 0.423. The van der Waals surface area contributed by atoms with Gasteiger partial charge in [-0.25, -0.2) is 9.59 Å². The Hall–Kier alpha value is -3.39. The van der Waals surface area contributed by atoms with Crippen LogP contribution in [0.4, 0.5) is 4.79 Å². The molecule has 2 aliphatic heterocycles. The number of hydrogen-bond acceptors (Lipinski definition) is 5. The number of benzene rings is 2. The van der Waals surface area contributed by atoms with Gasteiger partial charge in [0, 0.05) is 12.5 Å². The van der Waals surface area contributed by atoms with Crippen LogP contribution in [0.15, 0.2) is 48.5 Å². The van der Waals surface area contributed by atoms with Crippen molar-refractivity contribution in [2.75, 3.05) is 19.8 Å². The van der Waals surface area contributed by atoms with Crippen LogP contribution >= 0.6 is 0 Å². The molecule has 2 saturated heterocycles. The number of rotatable bonds is 4. The van der Waals surface area contributed by atoms with E-state index in [1.54, 1.807) is 13.8 Å². The Kier molecular flexibility index (Phi) is 5.56. The minimum atomic E-state index is -1.12. The smallest absolute Gasteiger partial charge is 0.410 e. The molecule has 8 heteroatoms. The number of carboxylic acids is 1. The minimum Gasteiger partial charge on any atom is -0.480 e. The van der Waals surface area contributed by atoms with E-state index < -0.39 is 35.8 Å². The summed E-state index contributed by atoms with van der Waals surface area (Å²) in [4.78, 5) is 40.9. The second-order valence-electron chi connectivity index (χ2n) is 9.48. The zero-order valence-electron chi connectivity index (χ0n) is 19.3. The van der Waals surface area contributed by atoms with Gasteiger partial charge in [-0.3, -0.25) is 14.6 Å². The number of aliphatic carboxylic acids is 1. The summed E-state index contributed by atoms with van der Waals surface area (Å²) < 4.78 is 11.3. The molecule has 3 aliphatic rings. The van der Waals surface area contributed by atoms with Crippen LogP contribution in [0.25, 0.3) is 11.1 Å². The monoisotopic (exact) mass is 464 g/mol. The molecule has 2 atom stereocenters. The van der Waals surface area contributed by atoms with E-state index in [2.05, 4.69) is 24.3 Å². The van der Waals surface area contributed by atoms with Crippen molar-refractivity contribution in [3.05, 3.63) is 59.7 Å². The minimum absolute atomic E-state index is 0.0737. The van der Waals surface area contributed by atoms with E-state index in [0.717, 1.165) is 22.3 Å². The fourth-order valence-electron chi connectivity index (χ4n) is 5.48. The maximum Gasteiger partial charge on any atom is 0.410 e. The summed E-state index contributed by atoms with van der Waals surface area (Å²) in [7, 11) is 0. The maximum atomic E-state index is 13.4. The summed E-state index contributed by atoms with van der Waals surface area (Å²) in [6, 6.07) is 14.4. The van der Waals surface area contributed by atoms with Crippen LogP contribution < -0.4 is 0 Å². The lowest BCUT2D eigenvalue weighted by Crippen LogP contribution is -2.57. The standard InChI is InChI=1S/C26H28N2O6/c1-26(2)28(22(15-34-26)24(30)31)23(29)21-12-7-13-27(21)25(32)33-14-20-18-10-5-3-8-16(18)17-9-4-6-11-19(17)20/h3-6,8-11,20-22H,7,12-15H2,1-2H3,(H,30,31)/t21-,22-/m0/s1. The number of nitrogens with zero attached hydrogens (tertiary/aromatic N) is 2. The first kappa shape index (κ1) is 22.4. The Labute approximate surface area is 198 Å². The molecule has 0 saturated carbocycles. The number of carboxylic acid groups (broad SMARTS) is 1. The Morgan fingerprint density at radius 3 is 2.26 bits per heavy atom. The molecular formula is C26H28N2O6. The van der Waals surface area contributed by atoms with E-state index in [-0.39, 0.29) is 19.1 Å². The van der Waals surface area contributed by atoms with Crippen LogP contribution in [0.1, 0.15) is 43.7 Å². The Balaban J connectivity index is 1.32. The molecule has 0 spiro atoms. The molecule has 0 unspecified atom stereocenters. The van der Waals surface area contributed by atoms with Gasteiger partial charge in [0.15, 0.2) is 6.04 Å². The molecule has 1 aliphatic carbocycles. The summed E-state index contributed by atoms with van der Waals surface area (Å²) in [6.07, 6.45) is 0.553. The summed E-state index contributed by atoms with van der Waals surface area (Å²) in [5.41, 5.74) is 3.46. The molecular weight excluding hydrogens is 436 g/mol. The van der Waals surface area contributed by atoms with Crippen LogP contribution in [0.5, 0.6) is 0 Å². The van der Waals surface area contributed by atoms with Gasteiger partial charge in [0.2, 0.25) is 5.91 Å². The third-order valence-electron chi connectivity index (χ3n) is 7.12. The van der Waals surface area contributed by atoms with E-state index in [9.17, 15) is 19.5 Å². The van der Waals surface area contributed by atoms with Crippen LogP contribution in [0.2, 0.25) is 0 Å². The summed E-state index contributed by atoms with van der Waals surface area (Å²) >= 11 is 0. The first-order valence-corrected chi connectivity index (χ1v) is 11.6. The molecule has 2 fully saturated rings. The SMILES string of the molecule is CC1(C)OC[C@@H](C(=O)O)N1C(=O)[C@@H]1CCCN1C(=O)OCC1c2ccccc2-c2ccccc21.